The molecule has 0 atom stereocenters. The summed E-state index contributed by atoms with van der Waals surface area (Å²) in [6, 6.07) is 9.34. The van der Waals surface area contributed by atoms with E-state index in [9.17, 15) is 9.59 Å². The summed E-state index contributed by atoms with van der Waals surface area (Å²) in [6.07, 6.45) is 1.51. The molecule has 1 fully saturated rings. The van der Waals surface area contributed by atoms with Crippen LogP contribution in [0.2, 0.25) is 5.02 Å². The van der Waals surface area contributed by atoms with Crippen molar-refractivity contribution in [1.29, 1.82) is 0 Å². The number of hydrogen-bond donors (Lipinski definition) is 1. The van der Waals surface area contributed by atoms with E-state index < -0.39 is 5.97 Å². The van der Waals surface area contributed by atoms with E-state index in [2.05, 4.69) is 10.00 Å². The fourth-order valence-electron chi connectivity index (χ4n) is 2.87. The molecule has 132 valence electrons. The molecule has 1 saturated heterocycles. The first kappa shape index (κ1) is 17.4. The molecule has 0 aliphatic carbocycles. The summed E-state index contributed by atoms with van der Waals surface area (Å²) in [4.78, 5) is 27.2. The van der Waals surface area contributed by atoms with Crippen LogP contribution in [0.25, 0.3) is 0 Å². The van der Waals surface area contributed by atoms with Gasteiger partial charge in [0.05, 0.1) is 0 Å². The molecule has 0 radical (unpaired) electrons. The van der Waals surface area contributed by atoms with Crippen LogP contribution in [0.4, 0.5) is 0 Å². The van der Waals surface area contributed by atoms with Crippen molar-refractivity contribution in [2.45, 2.75) is 13.1 Å². The van der Waals surface area contributed by atoms with Crippen LogP contribution in [-0.2, 0) is 17.9 Å². The molecule has 8 heteroatoms. The predicted molar refractivity (Wildman–Crippen MR) is 92.5 cm³/mol. The Morgan fingerprint density at radius 1 is 1.16 bits per heavy atom. The highest BCUT2D eigenvalue weighted by molar-refractivity contribution is 6.30. The molecule has 1 aromatic carbocycles. The van der Waals surface area contributed by atoms with Crippen molar-refractivity contribution in [3.63, 3.8) is 0 Å². The first-order valence-corrected chi connectivity index (χ1v) is 8.40. The summed E-state index contributed by atoms with van der Waals surface area (Å²) in [5, 5.41) is 13.5. The van der Waals surface area contributed by atoms with E-state index in [-0.39, 0.29) is 18.1 Å². The Kier molecular flexibility index (Phi) is 5.35. The van der Waals surface area contributed by atoms with Gasteiger partial charge in [-0.2, -0.15) is 5.10 Å². The van der Waals surface area contributed by atoms with Gasteiger partial charge in [0.25, 0.3) is 5.91 Å². The molecule has 0 bridgehead atoms. The van der Waals surface area contributed by atoms with Gasteiger partial charge in [-0.15, -0.1) is 0 Å². The van der Waals surface area contributed by atoms with Crippen molar-refractivity contribution in [2.75, 3.05) is 26.2 Å². The molecule has 0 unspecified atom stereocenters. The number of carbonyl (C=O) groups excluding carboxylic acids is 1. The number of hydrogen-bond acceptors (Lipinski definition) is 4. The second-order valence-electron chi connectivity index (χ2n) is 5.99. The summed E-state index contributed by atoms with van der Waals surface area (Å²) in [6.45, 7) is 3.33. The van der Waals surface area contributed by atoms with Crippen molar-refractivity contribution < 1.29 is 14.7 Å². The van der Waals surface area contributed by atoms with Crippen LogP contribution < -0.4 is 0 Å². The molecule has 7 nitrogen and oxygen atoms in total. The lowest BCUT2D eigenvalue weighted by Gasteiger charge is -2.34. The summed E-state index contributed by atoms with van der Waals surface area (Å²) < 4.78 is 1.25. The first-order valence-electron chi connectivity index (χ1n) is 8.02. The number of halogens is 1. The van der Waals surface area contributed by atoms with Gasteiger partial charge in [0.2, 0.25) is 0 Å². The van der Waals surface area contributed by atoms with Gasteiger partial charge in [-0.05, 0) is 23.8 Å². The molecule has 1 N–H and O–H groups in total. The average Bonchev–Trinajstić information content (AvgIpc) is 3.02. The first-order chi connectivity index (χ1) is 12.0. The predicted octanol–water partition coefficient (Wildman–Crippen LogP) is 1.58. The zero-order valence-corrected chi connectivity index (χ0v) is 14.4. The summed E-state index contributed by atoms with van der Waals surface area (Å²) in [5.74, 6) is -1.15. The third-order valence-electron chi connectivity index (χ3n) is 4.11. The topological polar surface area (TPSA) is 78.7 Å². The van der Waals surface area contributed by atoms with Gasteiger partial charge >= 0.3 is 5.97 Å². The van der Waals surface area contributed by atoms with Crippen LogP contribution in [0, 0.1) is 0 Å². The molecular formula is C17H19ClN4O3. The number of piperazine rings is 1. The van der Waals surface area contributed by atoms with Gasteiger partial charge in [-0.25, -0.2) is 0 Å². The number of carboxylic acids is 1. The lowest BCUT2D eigenvalue weighted by atomic mass is 10.2. The summed E-state index contributed by atoms with van der Waals surface area (Å²) >= 11 is 6.01. The number of carboxylic acid groups (broad SMARTS) is 1. The minimum absolute atomic E-state index is 0.161. The van der Waals surface area contributed by atoms with Crippen LogP contribution in [0.3, 0.4) is 0 Å². The highest BCUT2D eigenvalue weighted by atomic mass is 35.5. The molecule has 0 saturated carbocycles. The Morgan fingerprint density at radius 3 is 2.60 bits per heavy atom. The number of amides is 1. The smallest absolute Gasteiger partial charge is 0.325 e. The molecule has 25 heavy (non-hydrogen) atoms. The Bertz CT molecular complexity index is 769. The fraction of sp³-hybridized carbons (Fsp3) is 0.353. The van der Waals surface area contributed by atoms with E-state index in [4.69, 9.17) is 16.7 Å². The largest absolute Gasteiger partial charge is 0.480 e. The van der Waals surface area contributed by atoms with Gasteiger partial charge in [0, 0.05) is 43.9 Å². The van der Waals surface area contributed by atoms with Crippen molar-refractivity contribution >= 4 is 23.5 Å². The zero-order chi connectivity index (χ0) is 17.8. The number of aliphatic carboxylic acids is 1. The van der Waals surface area contributed by atoms with Gasteiger partial charge in [0.1, 0.15) is 12.2 Å². The SMILES string of the molecule is O=C(O)Cn1ccc(C(=O)N2CCN(Cc3cccc(Cl)c3)CC2)n1. The van der Waals surface area contributed by atoms with E-state index in [1.807, 2.05) is 24.3 Å². The number of benzene rings is 1. The maximum absolute atomic E-state index is 12.5. The molecule has 0 spiro atoms. The quantitative estimate of drug-likeness (QED) is 0.873. The summed E-state index contributed by atoms with van der Waals surface area (Å²) in [7, 11) is 0. The van der Waals surface area contributed by atoms with Crippen LogP contribution in [0.15, 0.2) is 36.5 Å². The molecule has 1 aliphatic rings. The standard InChI is InChI=1S/C17H19ClN4O3/c18-14-3-1-2-13(10-14)11-20-6-8-21(9-7-20)17(25)15-4-5-22(19-15)12-16(23)24/h1-5,10H,6-9,11-12H2,(H,23,24). The number of aromatic nitrogens is 2. The average molecular weight is 363 g/mol. The highest BCUT2D eigenvalue weighted by Gasteiger charge is 2.23. The molecule has 2 aromatic rings. The van der Waals surface area contributed by atoms with Crippen LogP contribution in [-0.4, -0.2) is 62.7 Å². The van der Waals surface area contributed by atoms with Gasteiger partial charge in [0.15, 0.2) is 0 Å². The van der Waals surface area contributed by atoms with Crippen molar-refractivity contribution in [1.82, 2.24) is 19.6 Å². The van der Waals surface area contributed by atoms with Crippen molar-refractivity contribution in [3.8, 4) is 0 Å². The Balaban J connectivity index is 1.54. The lowest BCUT2D eigenvalue weighted by Crippen LogP contribution is -2.48. The highest BCUT2D eigenvalue weighted by Crippen LogP contribution is 2.14. The van der Waals surface area contributed by atoms with Crippen LogP contribution in [0.5, 0.6) is 0 Å². The van der Waals surface area contributed by atoms with Crippen molar-refractivity contribution in [3.05, 3.63) is 52.8 Å². The number of rotatable bonds is 5. The van der Waals surface area contributed by atoms with Gasteiger partial charge < -0.3 is 10.0 Å². The molecule has 1 aliphatic heterocycles. The second kappa shape index (κ2) is 7.67. The van der Waals surface area contributed by atoms with E-state index in [0.29, 0.717) is 13.1 Å². The Hall–Kier alpha value is -2.38. The lowest BCUT2D eigenvalue weighted by molar-refractivity contribution is -0.137. The van der Waals surface area contributed by atoms with Crippen molar-refractivity contribution in [2.24, 2.45) is 0 Å². The van der Waals surface area contributed by atoms with E-state index >= 15 is 0 Å². The maximum Gasteiger partial charge on any atom is 0.325 e. The zero-order valence-electron chi connectivity index (χ0n) is 13.6. The Labute approximate surface area is 150 Å². The van der Waals surface area contributed by atoms with Gasteiger partial charge in [-0.3, -0.25) is 19.2 Å². The molecule has 3 rings (SSSR count). The fourth-order valence-corrected chi connectivity index (χ4v) is 3.08. The molecular weight excluding hydrogens is 344 g/mol. The number of carbonyl (C=O) groups is 2. The normalized spacial score (nSPS) is 15.3. The minimum atomic E-state index is -0.989. The maximum atomic E-state index is 12.5. The third-order valence-corrected chi connectivity index (χ3v) is 4.35. The van der Waals surface area contributed by atoms with Gasteiger partial charge in [-0.1, -0.05) is 23.7 Å². The van der Waals surface area contributed by atoms with E-state index in [1.165, 1.54) is 10.9 Å². The van der Waals surface area contributed by atoms with E-state index in [0.717, 1.165) is 30.2 Å². The molecule has 1 aromatic heterocycles. The third kappa shape index (κ3) is 4.58. The van der Waals surface area contributed by atoms with E-state index in [1.54, 1.807) is 11.0 Å². The number of nitrogens with zero attached hydrogens (tertiary/aromatic N) is 4. The Morgan fingerprint density at radius 2 is 1.92 bits per heavy atom. The van der Waals surface area contributed by atoms with Crippen LogP contribution >= 0.6 is 11.6 Å². The minimum Gasteiger partial charge on any atom is -0.480 e. The molecule has 1 amide bonds. The summed E-state index contributed by atoms with van der Waals surface area (Å²) in [5.41, 5.74) is 1.43. The second-order valence-corrected chi connectivity index (χ2v) is 6.43. The molecule has 2 heterocycles. The van der Waals surface area contributed by atoms with Crippen LogP contribution in [0.1, 0.15) is 16.1 Å². The monoisotopic (exact) mass is 362 g/mol.